The molecule has 5 rings (SSSR count). The van der Waals surface area contributed by atoms with Gasteiger partial charge in [-0.2, -0.15) is 0 Å². The molecule has 0 amide bonds. The van der Waals surface area contributed by atoms with Gasteiger partial charge in [0, 0.05) is 47.1 Å². The Kier molecular flexibility index (Phi) is 7.68. The zero-order valence-corrected chi connectivity index (χ0v) is 20.8. The summed E-state index contributed by atoms with van der Waals surface area (Å²) in [6.45, 7) is 0. The number of hydrogen-bond acceptors (Lipinski definition) is 4. The normalized spacial score (nSPS) is 12.2. The second-order valence-corrected chi connectivity index (χ2v) is 8.98. The molecule has 3 heterocycles. The molecule has 3 aromatic heterocycles. The highest BCUT2D eigenvalue weighted by atomic mass is 35.5. The first kappa shape index (κ1) is 26.4. The molecule has 0 bridgehead atoms. The lowest BCUT2D eigenvalue weighted by Crippen LogP contribution is -2.31. The van der Waals surface area contributed by atoms with Gasteiger partial charge in [0.05, 0.1) is 12.4 Å². The fraction of sp³-hybridized carbons (Fsp3) is 0.115. The summed E-state index contributed by atoms with van der Waals surface area (Å²) < 4.78 is 42.4. The van der Waals surface area contributed by atoms with Crippen molar-refractivity contribution in [2.75, 3.05) is 0 Å². The van der Waals surface area contributed by atoms with Crippen molar-refractivity contribution in [2.45, 2.75) is 12.3 Å². The number of aryl methyl sites for hydroxylation is 1. The number of halogens is 5. The van der Waals surface area contributed by atoms with Crippen molar-refractivity contribution < 1.29 is 13.2 Å². The van der Waals surface area contributed by atoms with Gasteiger partial charge in [0.2, 0.25) is 0 Å². The topological polar surface area (TPSA) is 78.7 Å². The Labute approximate surface area is 219 Å². The first-order chi connectivity index (χ1) is 17.5. The highest BCUT2D eigenvalue weighted by Crippen LogP contribution is 2.33. The van der Waals surface area contributed by atoms with Crippen molar-refractivity contribution in [1.29, 1.82) is 0 Å². The molecule has 5 aromatic rings. The fourth-order valence-corrected chi connectivity index (χ4v) is 4.03. The van der Waals surface area contributed by atoms with Crippen molar-refractivity contribution in [3.63, 3.8) is 0 Å². The molecule has 0 saturated heterocycles. The second kappa shape index (κ2) is 10.8. The molecule has 37 heavy (non-hydrogen) atoms. The number of alkyl halides is 3. The number of benzene rings is 2. The summed E-state index contributed by atoms with van der Waals surface area (Å²) in [4.78, 5) is 20.1. The highest BCUT2D eigenvalue weighted by molar-refractivity contribution is 6.31. The Morgan fingerprint density at radius 1 is 0.973 bits per heavy atom. The standard InChI is InChI=1S/C22H14Cl2F3N3O.C4H6N2/c23-15-6-4-12(5-7-15)20(28)14-9-18-17(13-2-1-3-16(24)8-13)10-19(31)30(22(25,26)27)21(18)29-11-14;1-6-3-2-5-4-6/h1-11,20H,28H2;2-4H,1H3. The van der Waals surface area contributed by atoms with Crippen LogP contribution in [0.15, 0.2) is 90.4 Å². The summed E-state index contributed by atoms with van der Waals surface area (Å²) in [7, 11) is 1.94. The lowest BCUT2D eigenvalue weighted by molar-refractivity contribution is -0.203. The van der Waals surface area contributed by atoms with Crippen LogP contribution in [0.2, 0.25) is 10.0 Å². The quantitative estimate of drug-likeness (QED) is 0.288. The first-order valence-electron chi connectivity index (χ1n) is 10.9. The van der Waals surface area contributed by atoms with Gasteiger partial charge in [-0.3, -0.25) is 4.79 Å². The molecule has 0 aliphatic rings. The number of imidazole rings is 1. The van der Waals surface area contributed by atoms with Crippen molar-refractivity contribution >= 4 is 34.2 Å². The number of pyridine rings is 2. The van der Waals surface area contributed by atoms with Crippen LogP contribution in [0.1, 0.15) is 17.2 Å². The van der Waals surface area contributed by atoms with Gasteiger partial charge in [-0.15, -0.1) is 13.2 Å². The minimum absolute atomic E-state index is 0.126. The molecule has 11 heteroatoms. The van der Waals surface area contributed by atoms with Crippen molar-refractivity contribution in [3.8, 4) is 11.1 Å². The SMILES string of the molecule is Cn1ccnc1.NC(c1ccc(Cl)cc1)c1cnc2c(c1)c(-c1cccc(Cl)c1)cc(=O)n2C(F)(F)F. The number of fused-ring (bicyclic) bond motifs is 1. The van der Waals surface area contributed by atoms with E-state index in [-0.39, 0.29) is 15.5 Å². The summed E-state index contributed by atoms with van der Waals surface area (Å²) >= 11 is 12.0. The third-order valence-corrected chi connectivity index (χ3v) is 5.98. The summed E-state index contributed by atoms with van der Waals surface area (Å²) in [5.74, 6) is 0. The van der Waals surface area contributed by atoms with Crippen LogP contribution in [0.25, 0.3) is 22.2 Å². The molecule has 0 saturated carbocycles. The van der Waals surface area contributed by atoms with Gasteiger partial charge < -0.3 is 10.3 Å². The summed E-state index contributed by atoms with van der Waals surface area (Å²) in [6, 6.07) is 15.1. The van der Waals surface area contributed by atoms with E-state index in [1.54, 1.807) is 61.1 Å². The van der Waals surface area contributed by atoms with Gasteiger partial charge in [-0.25, -0.2) is 14.5 Å². The number of hydrogen-bond donors (Lipinski definition) is 1. The van der Waals surface area contributed by atoms with Gasteiger partial charge in [-0.05, 0) is 52.6 Å². The molecular formula is C26H20Cl2F3N5O. The maximum Gasteiger partial charge on any atom is 0.493 e. The third kappa shape index (κ3) is 6.02. The Morgan fingerprint density at radius 2 is 1.70 bits per heavy atom. The Balaban J connectivity index is 0.000000469. The van der Waals surface area contributed by atoms with E-state index in [4.69, 9.17) is 28.9 Å². The molecular weight excluding hydrogens is 526 g/mol. The number of nitrogens with two attached hydrogens (primary N) is 1. The predicted molar refractivity (Wildman–Crippen MR) is 138 cm³/mol. The monoisotopic (exact) mass is 545 g/mol. The van der Waals surface area contributed by atoms with Crippen LogP contribution >= 0.6 is 23.2 Å². The van der Waals surface area contributed by atoms with E-state index < -0.39 is 23.5 Å². The highest BCUT2D eigenvalue weighted by Gasteiger charge is 2.35. The van der Waals surface area contributed by atoms with Crippen LogP contribution in [0.4, 0.5) is 13.2 Å². The van der Waals surface area contributed by atoms with E-state index in [2.05, 4.69) is 9.97 Å². The minimum atomic E-state index is -4.94. The molecule has 0 aliphatic carbocycles. The summed E-state index contributed by atoms with van der Waals surface area (Å²) in [6.07, 6.45) is 1.69. The lowest BCUT2D eigenvalue weighted by atomic mass is 9.97. The van der Waals surface area contributed by atoms with Crippen LogP contribution in [-0.4, -0.2) is 19.1 Å². The Morgan fingerprint density at radius 3 is 2.27 bits per heavy atom. The second-order valence-electron chi connectivity index (χ2n) is 8.11. The third-order valence-electron chi connectivity index (χ3n) is 5.49. The van der Waals surface area contributed by atoms with Crippen LogP contribution in [0, 0.1) is 0 Å². The Hall–Kier alpha value is -3.66. The summed E-state index contributed by atoms with van der Waals surface area (Å²) in [5, 5.41) is 1.04. The van der Waals surface area contributed by atoms with E-state index in [0.29, 0.717) is 26.7 Å². The maximum atomic E-state index is 13.6. The first-order valence-corrected chi connectivity index (χ1v) is 11.6. The molecule has 1 atom stereocenters. The van der Waals surface area contributed by atoms with Crippen LogP contribution in [0.3, 0.4) is 0 Å². The summed E-state index contributed by atoms with van der Waals surface area (Å²) in [5.41, 5.74) is 6.53. The van der Waals surface area contributed by atoms with Crippen LogP contribution in [-0.2, 0) is 13.3 Å². The molecule has 0 spiro atoms. The molecule has 2 aromatic carbocycles. The van der Waals surface area contributed by atoms with Crippen molar-refractivity contribution in [2.24, 2.45) is 12.8 Å². The van der Waals surface area contributed by atoms with Crippen molar-refractivity contribution in [3.05, 3.63) is 117 Å². The van der Waals surface area contributed by atoms with Gasteiger partial charge in [0.1, 0.15) is 0 Å². The van der Waals surface area contributed by atoms with E-state index in [0.717, 1.165) is 6.07 Å². The molecule has 190 valence electrons. The van der Waals surface area contributed by atoms with E-state index in [1.165, 1.54) is 12.3 Å². The average molecular weight is 546 g/mol. The fourth-order valence-electron chi connectivity index (χ4n) is 3.72. The largest absolute Gasteiger partial charge is 0.493 e. The van der Waals surface area contributed by atoms with E-state index in [1.807, 2.05) is 17.8 Å². The molecule has 0 radical (unpaired) electrons. The zero-order chi connectivity index (χ0) is 26.7. The van der Waals surface area contributed by atoms with Crippen molar-refractivity contribution in [1.82, 2.24) is 19.1 Å². The van der Waals surface area contributed by atoms with Gasteiger partial charge in [0.25, 0.3) is 5.56 Å². The van der Waals surface area contributed by atoms with Gasteiger partial charge in [0.15, 0.2) is 5.65 Å². The number of rotatable bonds is 3. The molecule has 1 unspecified atom stereocenters. The smallest absolute Gasteiger partial charge is 0.341 e. The minimum Gasteiger partial charge on any atom is -0.341 e. The number of nitrogens with zero attached hydrogens (tertiary/aromatic N) is 4. The van der Waals surface area contributed by atoms with Gasteiger partial charge >= 0.3 is 6.30 Å². The van der Waals surface area contributed by atoms with Crippen LogP contribution in [0.5, 0.6) is 0 Å². The zero-order valence-electron chi connectivity index (χ0n) is 19.3. The average Bonchev–Trinajstić information content (AvgIpc) is 3.33. The van der Waals surface area contributed by atoms with E-state index in [9.17, 15) is 18.0 Å². The van der Waals surface area contributed by atoms with E-state index >= 15 is 0 Å². The van der Waals surface area contributed by atoms with Crippen LogP contribution < -0.4 is 11.3 Å². The molecule has 0 fully saturated rings. The maximum absolute atomic E-state index is 13.6. The predicted octanol–water partition coefficient (Wildman–Crippen LogP) is 6.31. The number of aromatic nitrogens is 4. The molecule has 2 N–H and O–H groups in total. The Bertz CT molecular complexity index is 1580. The lowest BCUT2D eigenvalue weighted by Gasteiger charge is -2.18. The molecule has 0 aliphatic heterocycles. The molecule has 6 nitrogen and oxygen atoms in total. The van der Waals surface area contributed by atoms with Gasteiger partial charge in [-0.1, -0.05) is 47.5 Å².